The van der Waals surface area contributed by atoms with Gasteiger partial charge in [-0.2, -0.15) is 0 Å². The minimum absolute atomic E-state index is 0.675. The van der Waals surface area contributed by atoms with Gasteiger partial charge >= 0.3 is 0 Å². The molecule has 0 saturated carbocycles. The third-order valence-corrected chi connectivity index (χ3v) is 3.33. The normalized spacial score (nSPS) is 22.1. The van der Waals surface area contributed by atoms with Crippen LogP contribution in [0.5, 0.6) is 0 Å². The molecule has 1 N–H and O–H groups in total. The first-order valence-electron chi connectivity index (χ1n) is 6.52. The minimum atomic E-state index is 0.675. The molecule has 0 aromatic heterocycles. The standard InChI is InChI=1S/C15H22N2/c1-14-13-16-10-12-17(14)11-6-5-9-15-7-3-2-4-8-15/h2-5,7-9,14,16H,6,10-13H2,1H3/b9-5+. The Hall–Kier alpha value is -1.12. The summed E-state index contributed by atoms with van der Waals surface area (Å²) < 4.78 is 0. The van der Waals surface area contributed by atoms with E-state index < -0.39 is 0 Å². The van der Waals surface area contributed by atoms with Crippen LogP contribution in [0.25, 0.3) is 6.08 Å². The highest BCUT2D eigenvalue weighted by Crippen LogP contribution is 2.05. The van der Waals surface area contributed by atoms with Gasteiger partial charge in [0, 0.05) is 32.2 Å². The number of rotatable bonds is 4. The summed E-state index contributed by atoms with van der Waals surface area (Å²) in [6, 6.07) is 11.2. The summed E-state index contributed by atoms with van der Waals surface area (Å²) in [5.41, 5.74) is 1.29. The van der Waals surface area contributed by atoms with Gasteiger partial charge in [-0.25, -0.2) is 0 Å². The quantitative estimate of drug-likeness (QED) is 0.854. The Balaban J connectivity index is 1.73. The van der Waals surface area contributed by atoms with Gasteiger partial charge in [0.05, 0.1) is 0 Å². The molecule has 17 heavy (non-hydrogen) atoms. The molecule has 0 bridgehead atoms. The minimum Gasteiger partial charge on any atom is -0.314 e. The van der Waals surface area contributed by atoms with Gasteiger partial charge in [0.15, 0.2) is 0 Å². The molecule has 1 aromatic rings. The molecule has 2 heteroatoms. The first-order valence-corrected chi connectivity index (χ1v) is 6.52. The van der Waals surface area contributed by atoms with E-state index in [1.54, 1.807) is 0 Å². The van der Waals surface area contributed by atoms with E-state index in [0.717, 1.165) is 19.5 Å². The summed E-state index contributed by atoms with van der Waals surface area (Å²) >= 11 is 0. The van der Waals surface area contributed by atoms with Crippen LogP contribution < -0.4 is 5.32 Å². The smallest absolute Gasteiger partial charge is 0.0193 e. The van der Waals surface area contributed by atoms with E-state index in [2.05, 4.69) is 59.6 Å². The Morgan fingerprint density at radius 1 is 1.35 bits per heavy atom. The molecular weight excluding hydrogens is 208 g/mol. The third-order valence-electron chi connectivity index (χ3n) is 3.33. The molecule has 0 radical (unpaired) electrons. The lowest BCUT2D eigenvalue weighted by atomic mass is 10.2. The molecule has 1 aliphatic heterocycles. The average molecular weight is 230 g/mol. The summed E-state index contributed by atoms with van der Waals surface area (Å²) in [4.78, 5) is 2.56. The summed E-state index contributed by atoms with van der Waals surface area (Å²) in [5.74, 6) is 0. The van der Waals surface area contributed by atoms with E-state index in [4.69, 9.17) is 0 Å². The fraction of sp³-hybridized carbons (Fsp3) is 0.467. The molecule has 1 fully saturated rings. The molecule has 2 rings (SSSR count). The van der Waals surface area contributed by atoms with Crippen LogP contribution in [0.3, 0.4) is 0 Å². The van der Waals surface area contributed by atoms with Gasteiger partial charge in [-0.3, -0.25) is 4.90 Å². The molecule has 2 nitrogen and oxygen atoms in total. The van der Waals surface area contributed by atoms with Crippen LogP contribution in [-0.2, 0) is 0 Å². The van der Waals surface area contributed by atoms with Crippen molar-refractivity contribution < 1.29 is 0 Å². The zero-order valence-electron chi connectivity index (χ0n) is 10.6. The van der Waals surface area contributed by atoms with Gasteiger partial charge in [-0.15, -0.1) is 0 Å². The molecule has 1 aliphatic rings. The second-order valence-corrected chi connectivity index (χ2v) is 4.69. The second kappa shape index (κ2) is 6.58. The fourth-order valence-electron chi connectivity index (χ4n) is 2.24. The van der Waals surface area contributed by atoms with Gasteiger partial charge in [0.1, 0.15) is 0 Å². The predicted molar refractivity (Wildman–Crippen MR) is 74.0 cm³/mol. The molecule has 0 aliphatic carbocycles. The zero-order valence-corrected chi connectivity index (χ0v) is 10.6. The molecule has 1 heterocycles. The van der Waals surface area contributed by atoms with Crippen molar-refractivity contribution in [1.82, 2.24) is 10.2 Å². The molecule has 0 amide bonds. The Morgan fingerprint density at radius 2 is 2.18 bits per heavy atom. The molecule has 1 aromatic carbocycles. The first-order chi connectivity index (χ1) is 8.36. The maximum absolute atomic E-state index is 3.42. The maximum atomic E-state index is 3.42. The lowest BCUT2D eigenvalue weighted by Gasteiger charge is -2.33. The molecule has 0 spiro atoms. The van der Waals surface area contributed by atoms with Gasteiger partial charge in [0.2, 0.25) is 0 Å². The van der Waals surface area contributed by atoms with Gasteiger partial charge in [0.25, 0.3) is 0 Å². The summed E-state index contributed by atoms with van der Waals surface area (Å²) in [6.07, 6.45) is 5.64. The Bertz CT molecular complexity index is 345. The zero-order chi connectivity index (χ0) is 11.9. The number of hydrogen-bond donors (Lipinski definition) is 1. The van der Waals surface area contributed by atoms with Crippen molar-refractivity contribution in [1.29, 1.82) is 0 Å². The lowest BCUT2D eigenvalue weighted by Crippen LogP contribution is -2.49. The van der Waals surface area contributed by atoms with Crippen LogP contribution >= 0.6 is 0 Å². The summed E-state index contributed by atoms with van der Waals surface area (Å²) in [5, 5.41) is 3.42. The molecule has 1 saturated heterocycles. The molecule has 1 atom stereocenters. The van der Waals surface area contributed by atoms with Crippen LogP contribution in [0.4, 0.5) is 0 Å². The largest absolute Gasteiger partial charge is 0.314 e. The topological polar surface area (TPSA) is 15.3 Å². The van der Waals surface area contributed by atoms with E-state index in [0.29, 0.717) is 6.04 Å². The van der Waals surface area contributed by atoms with Crippen molar-refractivity contribution in [3.63, 3.8) is 0 Å². The number of piperazine rings is 1. The summed E-state index contributed by atoms with van der Waals surface area (Å²) in [7, 11) is 0. The molecule has 1 unspecified atom stereocenters. The summed E-state index contributed by atoms with van der Waals surface area (Å²) in [6.45, 7) is 6.91. The van der Waals surface area contributed by atoms with E-state index >= 15 is 0 Å². The van der Waals surface area contributed by atoms with E-state index in [1.807, 2.05) is 0 Å². The number of nitrogens with zero attached hydrogens (tertiary/aromatic N) is 1. The third kappa shape index (κ3) is 3.99. The van der Waals surface area contributed by atoms with Crippen LogP contribution in [0, 0.1) is 0 Å². The van der Waals surface area contributed by atoms with Crippen molar-refractivity contribution in [3.8, 4) is 0 Å². The molecular formula is C15H22N2. The predicted octanol–water partition coefficient (Wildman–Crippen LogP) is 2.38. The van der Waals surface area contributed by atoms with Crippen molar-refractivity contribution in [2.24, 2.45) is 0 Å². The fourth-order valence-corrected chi connectivity index (χ4v) is 2.24. The van der Waals surface area contributed by atoms with Crippen LogP contribution in [0.1, 0.15) is 18.9 Å². The highest BCUT2D eigenvalue weighted by Gasteiger charge is 2.15. The van der Waals surface area contributed by atoms with E-state index in [9.17, 15) is 0 Å². The van der Waals surface area contributed by atoms with Crippen LogP contribution in [0.2, 0.25) is 0 Å². The number of nitrogens with one attached hydrogen (secondary N) is 1. The number of benzene rings is 1. The van der Waals surface area contributed by atoms with Gasteiger partial charge in [-0.1, -0.05) is 42.5 Å². The second-order valence-electron chi connectivity index (χ2n) is 4.69. The Kier molecular flexibility index (Phi) is 4.77. The number of hydrogen-bond acceptors (Lipinski definition) is 2. The molecule has 92 valence electrons. The SMILES string of the molecule is CC1CNCCN1CC/C=C/c1ccccc1. The van der Waals surface area contributed by atoms with Crippen LogP contribution in [0.15, 0.2) is 36.4 Å². The average Bonchev–Trinajstić information content (AvgIpc) is 2.38. The maximum Gasteiger partial charge on any atom is 0.0193 e. The van der Waals surface area contributed by atoms with Crippen LogP contribution in [-0.4, -0.2) is 37.1 Å². The van der Waals surface area contributed by atoms with Gasteiger partial charge in [-0.05, 0) is 18.9 Å². The van der Waals surface area contributed by atoms with E-state index in [-0.39, 0.29) is 0 Å². The lowest BCUT2D eigenvalue weighted by molar-refractivity contribution is 0.177. The van der Waals surface area contributed by atoms with Crippen molar-refractivity contribution in [2.75, 3.05) is 26.2 Å². The Morgan fingerprint density at radius 3 is 2.94 bits per heavy atom. The highest BCUT2D eigenvalue weighted by atomic mass is 15.2. The first kappa shape index (κ1) is 12.3. The van der Waals surface area contributed by atoms with Gasteiger partial charge < -0.3 is 5.32 Å². The monoisotopic (exact) mass is 230 g/mol. The van der Waals surface area contributed by atoms with Crippen molar-refractivity contribution in [3.05, 3.63) is 42.0 Å². The highest BCUT2D eigenvalue weighted by molar-refractivity contribution is 5.48. The van der Waals surface area contributed by atoms with Crippen molar-refractivity contribution in [2.45, 2.75) is 19.4 Å². The van der Waals surface area contributed by atoms with Crippen molar-refractivity contribution >= 4 is 6.08 Å². The Labute approximate surface area is 104 Å². The van der Waals surface area contributed by atoms with E-state index in [1.165, 1.54) is 18.7 Å².